The normalized spacial score (nSPS) is 11.4. The molecule has 0 aliphatic carbocycles. The molecule has 2 N–H and O–H groups in total. The van der Waals surface area contributed by atoms with Crippen molar-refractivity contribution in [2.45, 2.75) is 39.3 Å². The smallest absolute Gasteiger partial charge is 0.124 e. The molecule has 3 rings (SSSR count). The molecule has 0 aliphatic heterocycles. The zero-order valence-electron chi connectivity index (χ0n) is 14.7. The van der Waals surface area contributed by atoms with E-state index in [0.717, 1.165) is 53.0 Å². The van der Waals surface area contributed by atoms with E-state index < -0.39 is 0 Å². The Morgan fingerprint density at radius 2 is 2.04 bits per heavy atom. The molecule has 0 unspecified atom stereocenters. The first-order valence-corrected chi connectivity index (χ1v) is 9.50. The summed E-state index contributed by atoms with van der Waals surface area (Å²) in [5, 5.41) is 3.50. The molecule has 5 heteroatoms. The third-order valence-corrected chi connectivity index (χ3v) is 4.40. The lowest BCUT2D eigenvalue weighted by atomic mass is 10.2. The topological polar surface area (TPSA) is 49.9 Å². The lowest BCUT2D eigenvalue weighted by Crippen LogP contribution is -2.17. The SMILES string of the molecule is CC(C)Oc1ccc(Br)cc1CNCCCc1nc2ccccc2[nH]1. The van der Waals surface area contributed by atoms with Crippen LogP contribution < -0.4 is 10.1 Å². The minimum absolute atomic E-state index is 0.174. The number of H-pyrrole nitrogens is 1. The largest absolute Gasteiger partial charge is 0.491 e. The van der Waals surface area contributed by atoms with Gasteiger partial charge in [-0.05, 0) is 57.1 Å². The molecule has 0 spiro atoms. The van der Waals surface area contributed by atoms with E-state index >= 15 is 0 Å². The van der Waals surface area contributed by atoms with Gasteiger partial charge in [0.05, 0.1) is 17.1 Å². The van der Waals surface area contributed by atoms with E-state index in [0.29, 0.717) is 0 Å². The first kappa shape index (κ1) is 18.0. The first-order chi connectivity index (χ1) is 12.1. The number of rotatable bonds is 8. The highest BCUT2D eigenvalue weighted by Gasteiger charge is 2.07. The predicted octanol–water partition coefficient (Wildman–Crippen LogP) is 4.84. The number of para-hydroxylation sites is 2. The van der Waals surface area contributed by atoms with E-state index in [1.54, 1.807) is 0 Å². The number of hydrogen-bond acceptors (Lipinski definition) is 3. The number of fused-ring (bicyclic) bond motifs is 1. The number of nitrogens with zero attached hydrogens (tertiary/aromatic N) is 1. The summed E-state index contributed by atoms with van der Waals surface area (Å²) in [6.07, 6.45) is 2.15. The summed E-state index contributed by atoms with van der Waals surface area (Å²) in [5.41, 5.74) is 3.32. The summed E-state index contributed by atoms with van der Waals surface area (Å²) in [6.45, 7) is 5.82. The van der Waals surface area contributed by atoms with Crippen molar-refractivity contribution in [3.8, 4) is 5.75 Å². The van der Waals surface area contributed by atoms with Gasteiger partial charge in [0.1, 0.15) is 11.6 Å². The van der Waals surface area contributed by atoms with Gasteiger partial charge >= 0.3 is 0 Å². The fourth-order valence-corrected chi connectivity index (χ4v) is 3.19. The van der Waals surface area contributed by atoms with Gasteiger partial charge in [-0.2, -0.15) is 0 Å². The van der Waals surface area contributed by atoms with Crippen LogP contribution in [0.1, 0.15) is 31.7 Å². The number of aryl methyl sites for hydroxylation is 1. The summed E-state index contributed by atoms with van der Waals surface area (Å²) in [6, 6.07) is 14.3. The highest BCUT2D eigenvalue weighted by atomic mass is 79.9. The van der Waals surface area contributed by atoms with E-state index in [9.17, 15) is 0 Å². The molecule has 0 fully saturated rings. The van der Waals surface area contributed by atoms with Crippen LogP contribution in [0.15, 0.2) is 46.9 Å². The minimum Gasteiger partial charge on any atom is -0.491 e. The zero-order chi connectivity index (χ0) is 17.6. The summed E-state index contributed by atoms with van der Waals surface area (Å²) in [7, 11) is 0. The van der Waals surface area contributed by atoms with E-state index in [2.05, 4.69) is 43.3 Å². The highest BCUT2D eigenvalue weighted by Crippen LogP contribution is 2.24. The third kappa shape index (κ3) is 5.06. The van der Waals surface area contributed by atoms with E-state index in [1.807, 2.05) is 44.2 Å². The van der Waals surface area contributed by atoms with Gasteiger partial charge in [0.25, 0.3) is 0 Å². The van der Waals surface area contributed by atoms with Crippen molar-refractivity contribution in [3.05, 3.63) is 58.3 Å². The molecule has 4 nitrogen and oxygen atoms in total. The number of nitrogens with one attached hydrogen (secondary N) is 2. The van der Waals surface area contributed by atoms with Gasteiger partial charge in [-0.3, -0.25) is 0 Å². The second-order valence-corrected chi connectivity index (χ2v) is 7.32. The van der Waals surface area contributed by atoms with Gasteiger partial charge < -0.3 is 15.0 Å². The quantitative estimate of drug-likeness (QED) is 0.531. The second-order valence-electron chi connectivity index (χ2n) is 6.40. The Balaban J connectivity index is 1.49. The fraction of sp³-hybridized carbons (Fsp3) is 0.350. The molecule has 0 amide bonds. The number of hydrogen-bond donors (Lipinski definition) is 2. The van der Waals surface area contributed by atoms with Crippen LogP contribution in [0, 0.1) is 0 Å². The zero-order valence-corrected chi connectivity index (χ0v) is 16.3. The molecule has 0 saturated carbocycles. The Bertz CT molecular complexity index is 796. The van der Waals surface area contributed by atoms with Crippen molar-refractivity contribution < 1.29 is 4.74 Å². The van der Waals surface area contributed by atoms with Crippen molar-refractivity contribution in [2.24, 2.45) is 0 Å². The van der Waals surface area contributed by atoms with Gasteiger partial charge in [-0.15, -0.1) is 0 Å². The van der Waals surface area contributed by atoms with Gasteiger partial charge in [-0.25, -0.2) is 4.98 Å². The highest BCUT2D eigenvalue weighted by molar-refractivity contribution is 9.10. The molecule has 1 aromatic heterocycles. The Hall–Kier alpha value is -1.85. The number of halogens is 1. The van der Waals surface area contributed by atoms with Crippen LogP contribution >= 0.6 is 15.9 Å². The molecule has 0 bridgehead atoms. The average Bonchev–Trinajstić information content (AvgIpc) is 2.99. The number of aromatic amines is 1. The summed E-state index contributed by atoms with van der Waals surface area (Å²) in [4.78, 5) is 7.99. The van der Waals surface area contributed by atoms with Crippen molar-refractivity contribution >= 4 is 27.0 Å². The number of ether oxygens (including phenoxy) is 1. The van der Waals surface area contributed by atoms with Crippen LogP contribution in [-0.4, -0.2) is 22.6 Å². The Labute approximate surface area is 157 Å². The lowest BCUT2D eigenvalue weighted by Gasteiger charge is -2.15. The summed E-state index contributed by atoms with van der Waals surface area (Å²) >= 11 is 3.54. The summed E-state index contributed by atoms with van der Waals surface area (Å²) in [5.74, 6) is 2.00. The molecular formula is C20H24BrN3O. The van der Waals surface area contributed by atoms with Crippen LogP contribution in [0.25, 0.3) is 11.0 Å². The Morgan fingerprint density at radius 3 is 2.84 bits per heavy atom. The van der Waals surface area contributed by atoms with E-state index in [-0.39, 0.29) is 6.10 Å². The third-order valence-electron chi connectivity index (χ3n) is 3.91. The monoisotopic (exact) mass is 401 g/mol. The number of aromatic nitrogens is 2. The lowest BCUT2D eigenvalue weighted by molar-refractivity contribution is 0.239. The minimum atomic E-state index is 0.174. The van der Waals surface area contributed by atoms with E-state index in [4.69, 9.17) is 4.74 Å². The molecule has 3 aromatic rings. The average molecular weight is 402 g/mol. The van der Waals surface area contributed by atoms with Crippen molar-refractivity contribution in [3.63, 3.8) is 0 Å². The maximum atomic E-state index is 5.88. The molecule has 0 radical (unpaired) electrons. The molecule has 1 heterocycles. The predicted molar refractivity (Wildman–Crippen MR) is 106 cm³/mol. The van der Waals surface area contributed by atoms with Crippen LogP contribution in [0.3, 0.4) is 0 Å². The maximum absolute atomic E-state index is 5.88. The summed E-state index contributed by atoms with van der Waals surface area (Å²) < 4.78 is 6.96. The van der Waals surface area contributed by atoms with Gasteiger partial charge in [-0.1, -0.05) is 28.1 Å². The van der Waals surface area contributed by atoms with Crippen LogP contribution in [0.4, 0.5) is 0 Å². The molecule has 0 aliphatic rings. The Kier molecular flexibility index (Phi) is 6.10. The van der Waals surface area contributed by atoms with Crippen molar-refractivity contribution in [1.82, 2.24) is 15.3 Å². The molecule has 0 atom stereocenters. The fourth-order valence-electron chi connectivity index (χ4n) is 2.78. The molecule has 0 saturated heterocycles. The molecule has 2 aromatic carbocycles. The number of benzene rings is 2. The second kappa shape index (κ2) is 8.50. The van der Waals surface area contributed by atoms with E-state index in [1.165, 1.54) is 5.56 Å². The van der Waals surface area contributed by atoms with Gasteiger partial charge in [0.2, 0.25) is 0 Å². The molecular weight excluding hydrogens is 378 g/mol. The Morgan fingerprint density at radius 1 is 1.20 bits per heavy atom. The standard InChI is InChI=1S/C20H24BrN3O/c1-14(2)25-19-10-9-16(21)12-15(19)13-22-11-5-8-20-23-17-6-3-4-7-18(17)24-20/h3-4,6-7,9-10,12,14,22H,5,8,11,13H2,1-2H3,(H,23,24). The molecule has 25 heavy (non-hydrogen) atoms. The van der Waals surface area contributed by atoms with Crippen molar-refractivity contribution in [1.29, 1.82) is 0 Å². The maximum Gasteiger partial charge on any atom is 0.124 e. The molecule has 132 valence electrons. The van der Waals surface area contributed by atoms with Gasteiger partial charge in [0.15, 0.2) is 0 Å². The first-order valence-electron chi connectivity index (χ1n) is 8.71. The van der Waals surface area contributed by atoms with Crippen LogP contribution in [-0.2, 0) is 13.0 Å². The van der Waals surface area contributed by atoms with Crippen LogP contribution in [0.5, 0.6) is 5.75 Å². The van der Waals surface area contributed by atoms with Gasteiger partial charge in [0, 0.05) is 23.0 Å². The van der Waals surface area contributed by atoms with Crippen molar-refractivity contribution in [2.75, 3.05) is 6.54 Å². The van der Waals surface area contributed by atoms with Crippen LogP contribution in [0.2, 0.25) is 0 Å². The number of imidazole rings is 1.